The van der Waals surface area contributed by atoms with Gasteiger partial charge in [0.05, 0.1) is 0 Å². The lowest BCUT2D eigenvalue weighted by atomic mass is 10.2. The van der Waals surface area contributed by atoms with E-state index >= 15 is 0 Å². The third-order valence-corrected chi connectivity index (χ3v) is 4.44. The van der Waals surface area contributed by atoms with Crippen LogP contribution in [0.5, 0.6) is 0 Å². The van der Waals surface area contributed by atoms with Gasteiger partial charge in [-0.1, -0.05) is 17.7 Å². The van der Waals surface area contributed by atoms with E-state index in [0.717, 1.165) is 37.7 Å². The van der Waals surface area contributed by atoms with E-state index in [-0.39, 0.29) is 0 Å². The monoisotopic (exact) mass is 266 g/mol. The van der Waals surface area contributed by atoms with Crippen LogP contribution in [0.3, 0.4) is 0 Å². The fourth-order valence-corrected chi connectivity index (χ4v) is 3.61. The van der Waals surface area contributed by atoms with Crippen molar-refractivity contribution in [3.63, 3.8) is 0 Å². The van der Waals surface area contributed by atoms with Crippen molar-refractivity contribution in [2.45, 2.75) is 6.54 Å². The maximum absolute atomic E-state index is 6.01. The van der Waals surface area contributed by atoms with Gasteiger partial charge in [0.25, 0.3) is 0 Å². The zero-order valence-corrected chi connectivity index (χ0v) is 11.2. The van der Waals surface area contributed by atoms with Crippen molar-refractivity contribution in [1.29, 1.82) is 0 Å². The van der Waals surface area contributed by atoms with Gasteiger partial charge in [0.2, 0.25) is 0 Å². The van der Waals surface area contributed by atoms with Crippen LogP contribution in [0.2, 0.25) is 5.02 Å². The minimum absolute atomic E-state index is 0.827. The molecule has 1 aliphatic rings. The van der Waals surface area contributed by atoms with E-state index in [9.17, 15) is 0 Å². The fraction of sp³-hybridized carbons (Fsp3) is 0.385. The summed E-state index contributed by atoms with van der Waals surface area (Å²) in [4.78, 5) is 3.94. The van der Waals surface area contributed by atoms with Crippen LogP contribution >= 0.6 is 22.9 Å². The first kappa shape index (κ1) is 11.5. The number of rotatable bonds is 2. The first-order valence-electron chi connectivity index (χ1n) is 5.92. The lowest BCUT2D eigenvalue weighted by molar-refractivity contribution is 0.235. The smallest absolute Gasteiger partial charge is 0.0420 e. The Bertz CT molecular complexity index is 517. The number of nitrogens with one attached hydrogen (secondary N) is 1. The molecule has 90 valence electrons. The summed E-state index contributed by atoms with van der Waals surface area (Å²) in [5.74, 6) is 0. The zero-order valence-electron chi connectivity index (χ0n) is 9.58. The molecule has 1 aromatic carbocycles. The van der Waals surface area contributed by atoms with Crippen LogP contribution in [-0.4, -0.2) is 31.1 Å². The van der Waals surface area contributed by atoms with Crippen LogP contribution in [0.1, 0.15) is 4.88 Å². The second kappa shape index (κ2) is 4.94. The molecule has 2 aromatic rings. The second-order valence-corrected chi connectivity index (χ2v) is 6.03. The molecule has 0 radical (unpaired) electrons. The number of piperazine rings is 1. The van der Waals surface area contributed by atoms with Gasteiger partial charge in [-0.3, -0.25) is 4.90 Å². The highest BCUT2D eigenvalue weighted by atomic mass is 35.5. The summed E-state index contributed by atoms with van der Waals surface area (Å²) in [5, 5.41) is 5.52. The Balaban J connectivity index is 1.80. The van der Waals surface area contributed by atoms with E-state index < -0.39 is 0 Å². The van der Waals surface area contributed by atoms with E-state index in [4.69, 9.17) is 11.6 Å². The Labute approximate surface area is 110 Å². The van der Waals surface area contributed by atoms with Gasteiger partial charge < -0.3 is 5.32 Å². The molecule has 2 nitrogen and oxygen atoms in total. The fourth-order valence-electron chi connectivity index (χ4n) is 2.23. The van der Waals surface area contributed by atoms with Crippen molar-refractivity contribution >= 4 is 33.0 Å². The summed E-state index contributed by atoms with van der Waals surface area (Å²) in [7, 11) is 0. The van der Waals surface area contributed by atoms with Crippen molar-refractivity contribution in [2.75, 3.05) is 26.2 Å². The first-order valence-corrected chi connectivity index (χ1v) is 7.12. The van der Waals surface area contributed by atoms with E-state index in [2.05, 4.69) is 28.4 Å². The standard InChI is InChI=1S/C13H15ClN2S/c14-11-2-1-10-7-12(17-13(10)8-11)9-16-5-3-15-4-6-16/h1-2,7-8,15H,3-6,9H2. The lowest BCUT2D eigenvalue weighted by Gasteiger charge is -2.26. The molecule has 2 heterocycles. The molecular weight excluding hydrogens is 252 g/mol. The molecule has 17 heavy (non-hydrogen) atoms. The number of thiophene rings is 1. The van der Waals surface area contributed by atoms with Gasteiger partial charge in [0.15, 0.2) is 0 Å². The van der Waals surface area contributed by atoms with Gasteiger partial charge in [0.1, 0.15) is 0 Å². The van der Waals surface area contributed by atoms with Crippen LogP contribution in [0.25, 0.3) is 10.1 Å². The maximum atomic E-state index is 6.01. The number of hydrogen-bond acceptors (Lipinski definition) is 3. The summed E-state index contributed by atoms with van der Waals surface area (Å²) in [5.41, 5.74) is 0. The molecule has 1 N–H and O–H groups in total. The third-order valence-electron chi connectivity index (χ3n) is 3.12. The molecule has 0 bridgehead atoms. The molecule has 0 spiro atoms. The topological polar surface area (TPSA) is 15.3 Å². The Morgan fingerprint density at radius 3 is 2.88 bits per heavy atom. The molecule has 0 unspecified atom stereocenters. The predicted octanol–water partition coefficient (Wildman–Crippen LogP) is 2.96. The molecule has 1 aromatic heterocycles. The van der Waals surface area contributed by atoms with Gasteiger partial charge in [0, 0.05) is 47.3 Å². The molecule has 4 heteroatoms. The molecule has 0 amide bonds. The Morgan fingerprint density at radius 1 is 1.24 bits per heavy atom. The number of halogens is 1. The highest BCUT2D eigenvalue weighted by Gasteiger charge is 2.11. The van der Waals surface area contributed by atoms with E-state index in [1.54, 1.807) is 0 Å². The minimum atomic E-state index is 0.827. The Hall–Kier alpha value is -0.610. The van der Waals surface area contributed by atoms with Crippen LogP contribution in [-0.2, 0) is 6.54 Å². The molecule has 1 fully saturated rings. The average Bonchev–Trinajstić information content (AvgIpc) is 2.71. The van der Waals surface area contributed by atoms with E-state index in [1.165, 1.54) is 15.0 Å². The van der Waals surface area contributed by atoms with Crippen LogP contribution in [0, 0.1) is 0 Å². The normalized spacial score (nSPS) is 17.7. The van der Waals surface area contributed by atoms with Gasteiger partial charge in [-0.25, -0.2) is 0 Å². The lowest BCUT2D eigenvalue weighted by Crippen LogP contribution is -2.42. The van der Waals surface area contributed by atoms with Gasteiger partial charge in [-0.15, -0.1) is 11.3 Å². The maximum Gasteiger partial charge on any atom is 0.0420 e. The third kappa shape index (κ3) is 2.63. The highest BCUT2D eigenvalue weighted by molar-refractivity contribution is 7.19. The van der Waals surface area contributed by atoms with Crippen molar-refractivity contribution in [1.82, 2.24) is 10.2 Å². The highest BCUT2D eigenvalue weighted by Crippen LogP contribution is 2.29. The number of hydrogen-bond donors (Lipinski definition) is 1. The molecule has 1 saturated heterocycles. The largest absolute Gasteiger partial charge is 0.314 e. The van der Waals surface area contributed by atoms with Crippen molar-refractivity contribution < 1.29 is 0 Å². The first-order chi connectivity index (χ1) is 8.31. The van der Waals surface area contributed by atoms with Gasteiger partial charge >= 0.3 is 0 Å². The summed E-state index contributed by atoms with van der Waals surface area (Å²) >= 11 is 7.87. The minimum Gasteiger partial charge on any atom is -0.314 e. The number of fused-ring (bicyclic) bond motifs is 1. The molecule has 0 aliphatic carbocycles. The van der Waals surface area contributed by atoms with Crippen LogP contribution in [0.15, 0.2) is 24.3 Å². The SMILES string of the molecule is Clc1ccc2cc(CN3CCNCC3)sc2c1. The molecule has 1 aliphatic heterocycles. The molecule has 0 atom stereocenters. The van der Waals surface area contributed by atoms with Crippen LogP contribution < -0.4 is 5.32 Å². The van der Waals surface area contributed by atoms with Crippen molar-refractivity contribution in [3.8, 4) is 0 Å². The summed E-state index contributed by atoms with van der Waals surface area (Å²) in [6.45, 7) is 5.58. The number of benzene rings is 1. The summed E-state index contributed by atoms with van der Waals surface area (Å²) in [6.07, 6.45) is 0. The Morgan fingerprint density at radius 2 is 2.06 bits per heavy atom. The Kier molecular flexibility index (Phi) is 3.34. The molecule has 3 rings (SSSR count). The van der Waals surface area contributed by atoms with Gasteiger partial charge in [-0.2, -0.15) is 0 Å². The zero-order chi connectivity index (χ0) is 11.7. The summed E-state index contributed by atoms with van der Waals surface area (Å²) in [6, 6.07) is 8.42. The number of nitrogens with zero attached hydrogens (tertiary/aromatic N) is 1. The van der Waals surface area contributed by atoms with Crippen molar-refractivity contribution in [3.05, 3.63) is 34.2 Å². The van der Waals surface area contributed by atoms with Crippen LogP contribution in [0.4, 0.5) is 0 Å². The van der Waals surface area contributed by atoms with E-state index in [1.807, 2.05) is 17.4 Å². The van der Waals surface area contributed by atoms with E-state index in [0.29, 0.717) is 0 Å². The second-order valence-electron chi connectivity index (χ2n) is 4.42. The predicted molar refractivity (Wildman–Crippen MR) is 75.0 cm³/mol. The molecular formula is C13H15ClN2S. The van der Waals surface area contributed by atoms with Crippen molar-refractivity contribution in [2.24, 2.45) is 0 Å². The summed E-state index contributed by atoms with van der Waals surface area (Å²) < 4.78 is 1.29. The van der Waals surface area contributed by atoms with Gasteiger partial charge in [-0.05, 0) is 23.6 Å². The average molecular weight is 267 g/mol. The quantitative estimate of drug-likeness (QED) is 0.899. The molecule has 0 saturated carbocycles.